The summed E-state index contributed by atoms with van der Waals surface area (Å²) in [5.74, 6) is 0. The van der Waals surface area contributed by atoms with Crippen LogP contribution in [0.25, 0.3) is 5.69 Å². The Hall–Kier alpha value is -1.78. The van der Waals surface area contributed by atoms with Gasteiger partial charge in [0, 0.05) is 11.9 Å². The second-order valence-corrected chi connectivity index (χ2v) is 3.47. The molecule has 98 valence electrons. The zero-order valence-corrected chi connectivity index (χ0v) is 10.5. The number of benzene rings is 1. The molecular formula is C13H15F3N2. The Balaban J connectivity index is 0.000000771. The van der Waals surface area contributed by atoms with Crippen molar-refractivity contribution in [3.05, 3.63) is 48.0 Å². The van der Waals surface area contributed by atoms with Crippen molar-refractivity contribution in [3.8, 4) is 5.69 Å². The molecule has 0 aliphatic carbocycles. The molecule has 0 aliphatic rings. The molecule has 0 N–H and O–H groups in total. The van der Waals surface area contributed by atoms with Crippen molar-refractivity contribution < 1.29 is 13.2 Å². The fourth-order valence-corrected chi connectivity index (χ4v) is 1.41. The summed E-state index contributed by atoms with van der Waals surface area (Å²) in [5, 5.41) is 0. The normalized spacial score (nSPS) is 10.8. The summed E-state index contributed by atoms with van der Waals surface area (Å²) >= 11 is 0. The molecular weight excluding hydrogens is 241 g/mol. The van der Waals surface area contributed by atoms with E-state index in [9.17, 15) is 13.2 Å². The first kappa shape index (κ1) is 14.3. The minimum atomic E-state index is -4.31. The Morgan fingerprint density at radius 3 is 2.33 bits per heavy atom. The summed E-state index contributed by atoms with van der Waals surface area (Å²) in [6.45, 7) is 5.78. The van der Waals surface area contributed by atoms with Crippen LogP contribution in [-0.4, -0.2) is 9.55 Å². The molecule has 2 rings (SSSR count). The molecule has 0 saturated heterocycles. The van der Waals surface area contributed by atoms with Gasteiger partial charge >= 0.3 is 6.18 Å². The highest BCUT2D eigenvalue weighted by atomic mass is 19.4. The summed E-state index contributed by atoms with van der Waals surface area (Å²) in [4.78, 5) is 3.97. The van der Waals surface area contributed by atoms with E-state index in [-0.39, 0.29) is 0 Å². The molecule has 0 spiro atoms. The molecule has 5 heteroatoms. The van der Waals surface area contributed by atoms with E-state index in [2.05, 4.69) is 4.98 Å². The van der Waals surface area contributed by atoms with Crippen LogP contribution < -0.4 is 0 Å². The van der Waals surface area contributed by atoms with Crippen LogP contribution in [-0.2, 0) is 6.18 Å². The topological polar surface area (TPSA) is 17.8 Å². The maximum Gasteiger partial charge on any atom is 0.416 e. The molecule has 0 bridgehead atoms. The monoisotopic (exact) mass is 256 g/mol. The second-order valence-electron chi connectivity index (χ2n) is 3.47. The van der Waals surface area contributed by atoms with Gasteiger partial charge in [0.1, 0.15) is 0 Å². The lowest BCUT2D eigenvalue weighted by atomic mass is 10.2. The third-order valence-electron chi connectivity index (χ3n) is 2.18. The van der Waals surface area contributed by atoms with Crippen LogP contribution in [0.3, 0.4) is 0 Å². The molecule has 0 aliphatic heterocycles. The van der Waals surface area contributed by atoms with Gasteiger partial charge in [-0.2, -0.15) is 13.2 Å². The fourth-order valence-electron chi connectivity index (χ4n) is 1.41. The predicted molar refractivity (Wildman–Crippen MR) is 64.7 cm³/mol. The van der Waals surface area contributed by atoms with Crippen LogP contribution in [0.1, 0.15) is 25.1 Å². The van der Waals surface area contributed by atoms with E-state index in [0.717, 1.165) is 17.8 Å². The van der Waals surface area contributed by atoms with Gasteiger partial charge in [-0.3, -0.25) is 0 Å². The Morgan fingerprint density at radius 1 is 1.17 bits per heavy atom. The van der Waals surface area contributed by atoms with Gasteiger partial charge in [-0.05, 0) is 25.1 Å². The number of nitrogens with zero attached hydrogens (tertiary/aromatic N) is 2. The minimum absolute atomic E-state index is 0.454. The Bertz CT molecular complexity index is 501. The van der Waals surface area contributed by atoms with E-state index in [4.69, 9.17) is 0 Å². The molecule has 1 aromatic carbocycles. The lowest BCUT2D eigenvalue weighted by Crippen LogP contribution is -2.05. The molecule has 0 fully saturated rings. The average Bonchev–Trinajstić information content (AvgIpc) is 2.78. The summed E-state index contributed by atoms with van der Waals surface area (Å²) < 4.78 is 39.0. The number of aromatic nitrogens is 2. The number of hydrogen-bond donors (Lipinski definition) is 0. The summed E-state index contributed by atoms with van der Waals surface area (Å²) in [6.07, 6.45) is -1.15. The van der Waals surface area contributed by atoms with Gasteiger partial charge in [-0.25, -0.2) is 4.98 Å². The first-order chi connectivity index (χ1) is 8.47. The van der Waals surface area contributed by atoms with Crippen LogP contribution in [0, 0.1) is 6.92 Å². The van der Waals surface area contributed by atoms with Gasteiger partial charge in [-0.15, -0.1) is 0 Å². The number of halogens is 3. The number of rotatable bonds is 1. The molecule has 18 heavy (non-hydrogen) atoms. The van der Waals surface area contributed by atoms with Crippen LogP contribution in [0.4, 0.5) is 13.2 Å². The highest BCUT2D eigenvalue weighted by molar-refractivity contribution is 5.37. The van der Waals surface area contributed by atoms with E-state index < -0.39 is 11.7 Å². The quantitative estimate of drug-likeness (QED) is 0.746. The van der Waals surface area contributed by atoms with Gasteiger partial charge in [0.25, 0.3) is 0 Å². The summed E-state index contributed by atoms with van der Waals surface area (Å²) in [6, 6.07) is 5.14. The van der Waals surface area contributed by atoms with E-state index in [1.165, 1.54) is 12.4 Å². The third kappa shape index (κ3) is 3.35. The lowest BCUT2D eigenvalue weighted by molar-refractivity contribution is -0.137. The Labute approximate surface area is 104 Å². The zero-order valence-electron chi connectivity index (χ0n) is 10.5. The molecule has 1 aromatic heterocycles. The lowest BCUT2D eigenvalue weighted by Gasteiger charge is -2.08. The van der Waals surface area contributed by atoms with Crippen molar-refractivity contribution in [2.75, 3.05) is 0 Å². The van der Waals surface area contributed by atoms with Gasteiger partial charge in [-0.1, -0.05) is 19.9 Å². The van der Waals surface area contributed by atoms with E-state index >= 15 is 0 Å². The molecule has 2 nitrogen and oxygen atoms in total. The second kappa shape index (κ2) is 5.71. The smallest absolute Gasteiger partial charge is 0.306 e. The van der Waals surface area contributed by atoms with E-state index in [1.807, 2.05) is 13.8 Å². The SMILES string of the molecule is CC.Cc1cn(-c2cccc(C(F)(F)F)c2)cn1. The molecule has 1 heterocycles. The molecule has 0 atom stereocenters. The average molecular weight is 256 g/mol. The number of hydrogen-bond acceptors (Lipinski definition) is 1. The Morgan fingerprint density at radius 2 is 1.83 bits per heavy atom. The fraction of sp³-hybridized carbons (Fsp3) is 0.308. The van der Waals surface area contributed by atoms with Crippen molar-refractivity contribution in [2.24, 2.45) is 0 Å². The minimum Gasteiger partial charge on any atom is -0.306 e. The first-order valence-electron chi connectivity index (χ1n) is 5.65. The van der Waals surface area contributed by atoms with Gasteiger partial charge in [0.2, 0.25) is 0 Å². The van der Waals surface area contributed by atoms with Crippen molar-refractivity contribution in [2.45, 2.75) is 26.9 Å². The van der Waals surface area contributed by atoms with Crippen molar-refractivity contribution in [1.29, 1.82) is 0 Å². The number of imidazole rings is 1. The predicted octanol–water partition coefficient (Wildman–Crippen LogP) is 4.23. The Kier molecular flexibility index (Phi) is 4.53. The molecule has 0 saturated carbocycles. The number of aryl methyl sites for hydroxylation is 1. The van der Waals surface area contributed by atoms with Gasteiger partial charge in [0.15, 0.2) is 0 Å². The number of alkyl halides is 3. The highest BCUT2D eigenvalue weighted by Crippen LogP contribution is 2.30. The van der Waals surface area contributed by atoms with Crippen LogP contribution >= 0.6 is 0 Å². The summed E-state index contributed by atoms with van der Waals surface area (Å²) in [7, 11) is 0. The van der Waals surface area contributed by atoms with Gasteiger partial charge < -0.3 is 4.57 Å². The third-order valence-corrected chi connectivity index (χ3v) is 2.18. The summed E-state index contributed by atoms with van der Waals surface area (Å²) in [5.41, 5.74) is 0.559. The standard InChI is InChI=1S/C11H9F3N2.C2H6/c1-8-6-16(7-15-8)10-4-2-3-9(5-10)11(12,13)14;1-2/h2-7H,1H3;1-2H3. The maximum absolute atomic E-state index is 12.5. The van der Waals surface area contributed by atoms with Crippen LogP contribution in [0.5, 0.6) is 0 Å². The maximum atomic E-state index is 12.5. The van der Waals surface area contributed by atoms with E-state index in [0.29, 0.717) is 5.69 Å². The van der Waals surface area contributed by atoms with Crippen molar-refractivity contribution in [1.82, 2.24) is 9.55 Å². The zero-order chi connectivity index (χ0) is 13.8. The first-order valence-corrected chi connectivity index (χ1v) is 5.65. The largest absolute Gasteiger partial charge is 0.416 e. The van der Waals surface area contributed by atoms with Gasteiger partial charge in [0.05, 0.1) is 17.6 Å². The van der Waals surface area contributed by atoms with Crippen molar-refractivity contribution in [3.63, 3.8) is 0 Å². The van der Waals surface area contributed by atoms with Crippen LogP contribution in [0.2, 0.25) is 0 Å². The molecule has 2 aromatic rings. The van der Waals surface area contributed by atoms with E-state index in [1.54, 1.807) is 23.8 Å². The highest BCUT2D eigenvalue weighted by Gasteiger charge is 2.30. The van der Waals surface area contributed by atoms with Crippen LogP contribution in [0.15, 0.2) is 36.8 Å². The van der Waals surface area contributed by atoms with Crippen molar-refractivity contribution >= 4 is 0 Å². The molecule has 0 radical (unpaired) electrons. The molecule has 0 amide bonds. The molecule has 0 unspecified atom stereocenters.